The Labute approximate surface area is 122 Å². The highest BCUT2D eigenvalue weighted by molar-refractivity contribution is 5.79. The monoisotopic (exact) mass is 279 g/mol. The van der Waals surface area contributed by atoms with Crippen LogP contribution in [0.5, 0.6) is 0 Å². The smallest absolute Gasteiger partial charge is 0.191 e. The van der Waals surface area contributed by atoms with E-state index in [-0.39, 0.29) is 0 Å². The van der Waals surface area contributed by atoms with Gasteiger partial charge in [0.1, 0.15) is 0 Å². The van der Waals surface area contributed by atoms with Crippen LogP contribution in [0.25, 0.3) is 0 Å². The normalized spacial score (nSPS) is 11.6. The Bertz CT molecular complexity index is 345. The third-order valence-electron chi connectivity index (χ3n) is 3.30. The second-order valence-electron chi connectivity index (χ2n) is 5.06. The van der Waals surface area contributed by atoms with Crippen molar-refractivity contribution in [2.75, 3.05) is 13.6 Å². The predicted molar refractivity (Wildman–Crippen MR) is 84.8 cm³/mol. The third kappa shape index (κ3) is 7.81. The summed E-state index contributed by atoms with van der Waals surface area (Å²) in [5.74, 6) is 0.852. The number of hydrogen-bond donors (Lipinski definition) is 3. The number of aliphatic imine (C=N–C) groups is 1. The van der Waals surface area contributed by atoms with Crippen molar-refractivity contribution in [1.29, 1.82) is 0 Å². The molecule has 1 heterocycles. The van der Waals surface area contributed by atoms with E-state index in [0.29, 0.717) is 0 Å². The molecule has 0 saturated carbocycles. The molecule has 0 unspecified atom stereocenters. The zero-order valence-electron chi connectivity index (χ0n) is 12.9. The Morgan fingerprint density at radius 3 is 2.55 bits per heavy atom. The van der Waals surface area contributed by atoms with Gasteiger partial charge in [-0.25, -0.2) is 0 Å². The summed E-state index contributed by atoms with van der Waals surface area (Å²) in [6.45, 7) is 3.96. The van der Waals surface area contributed by atoms with Crippen molar-refractivity contribution < 1.29 is 0 Å². The molecular weight excluding hydrogens is 250 g/mol. The van der Waals surface area contributed by atoms with Crippen LogP contribution < -0.4 is 10.6 Å². The van der Waals surface area contributed by atoms with Gasteiger partial charge >= 0.3 is 0 Å². The minimum Gasteiger partial charge on any atom is -0.356 e. The van der Waals surface area contributed by atoms with Crippen LogP contribution >= 0.6 is 0 Å². The van der Waals surface area contributed by atoms with E-state index in [4.69, 9.17) is 0 Å². The number of nitrogens with one attached hydrogen (secondary N) is 3. The lowest BCUT2D eigenvalue weighted by Gasteiger charge is -2.11. The van der Waals surface area contributed by atoms with Gasteiger partial charge in [-0.05, 0) is 12.5 Å². The maximum absolute atomic E-state index is 4.21. The van der Waals surface area contributed by atoms with Gasteiger partial charge in [-0.3, -0.25) is 10.1 Å². The number of H-pyrrole nitrogens is 1. The summed E-state index contributed by atoms with van der Waals surface area (Å²) in [6.07, 6.45) is 11.1. The fourth-order valence-electron chi connectivity index (χ4n) is 2.07. The molecule has 0 amide bonds. The van der Waals surface area contributed by atoms with Gasteiger partial charge in [-0.1, -0.05) is 45.4 Å². The Kier molecular flexibility index (Phi) is 9.36. The minimum atomic E-state index is 0.719. The Morgan fingerprint density at radius 1 is 1.15 bits per heavy atom. The summed E-state index contributed by atoms with van der Waals surface area (Å²) in [6, 6.07) is 1.95. The van der Waals surface area contributed by atoms with E-state index in [0.717, 1.165) is 24.7 Å². The summed E-state index contributed by atoms with van der Waals surface area (Å²) < 4.78 is 0. The fraction of sp³-hybridized carbons (Fsp3) is 0.733. The van der Waals surface area contributed by atoms with Gasteiger partial charge in [-0.2, -0.15) is 5.10 Å². The van der Waals surface area contributed by atoms with Crippen LogP contribution in [-0.4, -0.2) is 29.7 Å². The topological polar surface area (TPSA) is 65.1 Å². The van der Waals surface area contributed by atoms with Crippen LogP contribution in [0.2, 0.25) is 0 Å². The summed E-state index contributed by atoms with van der Waals surface area (Å²) in [7, 11) is 1.80. The molecule has 0 radical (unpaired) electrons. The van der Waals surface area contributed by atoms with Gasteiger partial charge in [0.15, 0.2) is 5.96 Å². The van der Waals surface area contributed by atoms with Crippen LogP contribution in [0, 0.1) is 0 Å². The Hall–Kier alpha value is -1.52. The first kappa shape index (κ1) is 16.5. The first-order valence-corrected chi connectivity index (χ1v) is 7.79. The second kappa shape index (κ2) is 11.3. The zero-order chi connectivity index (χ0) is 14.5. The highest BCUT2D eigenvalue weighted by Gasteiger charge is 1.98. The van der Waals surface area contributed by atoms with Gasteiger partial charge in [0.05, 0.1) is 12.2 Å². The summed E-state index contributed by atoms with van der Waals surface area (Å²) >= 11 is 0. The number of unbranched alkanes of at least 4 members (excludes halogenated alkanes) is 6. The molecule has 0 fully saturated rings. The maximum atomic E-state index is 4.21. The summed E-state index contributed by atoms with van der Waals surface area (Å²) in [5.41, 5.74) is 1.06. The lowest BCUT2D eigenvalue weighted by atomic mass is 10.1. The highest BCUT2D eigenvalue weighted by Crippen LogP contribution is 2.06. The molecule has 3 N–H and O–H groups in total. The van der Waals surface area contributed by atoms with Crippen LogP contribution in [0.3, 0.4) is 0 Å². The first-order valence-electron chi connectivity index (χ1n) is 7.79. The van der Waals surface area contributed by atoms with Gasteiger partial charge < -0.3 is 10.6 Å². The molecular formula is C15H29N5. The maximum Gasteiger partial charge on any atom is 0.191 e. The molecule has 1 aromatic rings. The molecule has 1 rings (SSSR count). The molecule has 0 saturated heterocycles. The third-order valence-corrected chi connectivity index (χ3v) is 3.30. The van der Waals surface area contributed by atoms with E-state index < -0.39 is 0 Å². The first-order chi connectivity index (χ1) is 9.86. The molecule has 114 valence electrons. The van der Waals surface area contributed by atoms with Crippen molar-refractivity contribution in [3.8, 4) is 0 Å². The average molecular weight is 279 g/mol. The van der Waals surface area contributed by atoms with E-state index in [1.165, 1.54) is 44.9 Å². The minimum absolute atomic E-state index is 0.719. The van der Waals surface area contributed by atoms with Crippen LogP contribution in [-0.2, 0) is 6.54 Å². The molecule has 0 spiro atoms. The van der Waals surface area contributed by atoms with E-state index in [9.17, 15) is 0 Å². The number of aromatic nitrogens is 2. The molecule has 5 heteroatoms. The van der Waals surface area contributed by atoms with Crippen molar-refractivity contribution in [3.05, 3.63) is 18.0 Å². The molecule has 1 aromatic heterocycles. The molecule has 0 bridgehead atoms. The summed E-state index contributed by atoms with van der Waals surface area (Å²) in [5, 5.41) is 13.4. The summed E-state index contributed by atoms with van der Waals surface area (Å²) in [4.78, 5) is 4.21. The van der Waals surface area contributed by atoms with E-state index in [1.54, 1.807) is 13.2 Å². The fourth-order valence-corrected chi connectivity index (χ4v) is 2.07. The van der Waals surface area contributed by atoms with Crippen molar-refractivity contribution in [2.24, 2.45) is 4.99 Å². The number of rotatable bonds is 10. The average Bonchev–Trinajstić information content (AvgIpc) is 2.98. The zero-order valence-corrected chi connectivity index (χ0v) is 12.9. The lowest BCUT2D eigenvalue weighted by Crippen LogP contribution is -2.37. The van der Waals surface area contributed by atoms with Crippen molar-refractivity contribution >= 4 is 5.96 Å². The molecule has 5 nitrogen and oxygen atoms in total. The molecule has 0 atom stereocenters. The molecule has 0 aliphatic rings. The van der Waals surface area contributed by atoms with Crippen molar-refractivity contribution in [3.63, 3.8) is 0 Å². The number of hydrogen-bond acceptors (Lipinski definition) is 2. The van der Waals surface area contributed by atoms with Gasteiger partial charge in [-0.15, -0.1) is 0 Å². The van der Waals surface area contributed by atoms with Gasteiger partial charge in [0.25, 0.3) is 0 Å². The number of nitrogens with zero attached hydrogens (tertiary/aromatic N) is 2. The van der Waals surface area contributed by atoms with Crippen LogP contribution in [0.1, 0.15) is 57.6 Å². The van der Waals surface area contributed by atoms with E-state index in [1.807, 2.05) is 6.07 Å². The highest BCUT2D eigenvalue weighted by atomic mass is 15.2. The van der Waals surface area contributed by atoms with Crippen molar-refractivity contribution in [1.82, 2.24) is 20.8 Å². The van der Waals surface area contributed by atoms with E-state index in [2.05, 4.69) is 32.7 Å². The lowest BCUT2D eigenvalue weighted by molar-refractivity contribution is 0.583. The number of guanidine groups is 1. The SMILES string of the molecule is CCCCCCCCCNC(=NC)NCc1ccn[nH]1. The standard InChI is InChI=1S/C15H29N5/c1-3-4-5-6-7-8-9-11-17-15(16-2)18-13-14-10-12-19-20-14/h10,12H,3-9,11,13H2,1-2H3,(H,19,20)(H2,16,17,18). The Balaban J connectivity index is 1.98. The van der Waals surface area contributed by atoms with Gasteiger partial charge in [0.2, 0.25) is 0 Å². The Morgan fingerprint density at radius 2 is 1.90 bits per heavy atom. The predicted octanol–water partition coefficient (Wildman–Crippen LogP) is 2.83. The van der Waals surface area contributed by atoms with Crippen molar-refractivity contribution in [2.45, 2.75) is 58.4 Å². The quantitative estimate of drug-likeness (QED) is 0.350. The molecule has 0 aromatic carbocycles. The second-order valence-corrected chi connectivity index (χ2v) is 5.06. The largest absolute Gasteiger partial charge is 0.356 e. The molecule has 20 heavy (non-hydrogen) atoms. The van der Waals surface area contributed by atoms with Gasteiger partial charge in [0, 0.05) is 19.8 Å². The van der Waals surface area contributed by atoms with Crippen LogP contribution in [0.4, 0.5) is 0 Å². The number of aromatic amines is 1. The van der Waals surface area contributed by atoms with E-state index >= 15 is 0 Å². The molecule has 0 aliphatic heterocycles. The van der Waals surface area contributed by atoms with Crippen LogP contribution in [0.15, 0.2) is 17.3 Å². The molecule has 0 aliphatic carbocycles.